The molecule has 0 unspecified atom stereocenters. The van der Waals surface area contributed by atoms with Gasteiger partial charge in [0.05, 0.1) is 38.3 Å². The van der Waals surface area contributed by atoms with Gasteiger partial charge in [-0.3, -0.25) is 10.1 Å². The maximum absolute atomic E-state index is 12.0. The molecule has 3 N–H and O–H groups in total. The van der Waals surface area contributed by atoms with Crippen molar-refractivity contribution in [2.24, 2.45) is 4.99 Å². The Morgan fingerprint density at radius 3 is 2.12 bits per heavy atom. The molecule has 2 aromatic rings. The highest BCUT2D eigenvalue weighted by atomic mass is 32.2. The van der Waals surface area contributed by atoms with E-state index in [9.17, 15) is 19.2 Å². The molecule has 0 saturated heterocycles. The van der Waals surface area contributed by atoms with Crippen molar-refractivity contribution < 1.29 is 33.4 Å². The predicted molar refractivity (Wildman–Crippen MR) is 126 cm³/mol. The molecule has 0 spiro atoms. The summed E-state index contributed by atoms with van der Waals surface area (Å²) in [6.07, 6.45) is -1.59. The Bertz CT molecular complexity index is 1090. The molecule has 0 fully saturated rings. The number of nitrogens with zero attached hydrogens (tertiary/aromatic N) is 1. The third-order valence-electron chi connectivity index (χ3n) is 4.13. The number of nitrogens with one attached hydrogen (secondary N) is 3. The Labute approximate surface area is 200 Å². The van der Waals surface area contributed by atoms with E-state index in [2.05, 4.69) is 30.4 Å². The van der Waals surface area contributed by atoms with Crippen LogP contribution in [0.1, 0.15) is 23.7 Å². The molecule has 2 rings (SSSR count). The van der Waals surface area contributed by atoms with Gasteiger partial charge < -0.3 is 24.8 Å². The van der Waals surface area contributed by atoms with Gasteiger partial charge in [-0.25, -0.2) is 14.4 Å². The highest BCUT2D eigenvalue weighted by molar-refractivity contribution is 7.99. The van der Waals surface area contributed by atoms with Crippen molar-refractivity contribution >= 4 is 53.2 Å². The molecule has 0 atom stereocenters. The minimum Gasteiger partial charge on any atom is -0.465 e. The number of amides is 3. The van der Waals surface area contributed by atoms with Crippen molar-refractivity contribution in [1.82, 2.24) is 5.32 Å². The van der Waals surface area contributed by atoms with Crippen molar-refractivity contribution in [2.75, 3.05) is 32.0 Å². The maximum atomic E-state index is 12.0. The lowest BCUT2D eigenvalue weighted by atomic mass is 10.2. The van der Waals surface area contributed by atoms with Crippen LogP contribution in [0.4, 0.5) is 21.0 Å². The summed E-state index contributed by atoms with van der Waals surface area (Å²) >= 11 is 1.38. The number of methoxy groups -OCH3 is 3. The summed E-state index contributed by atoms with van der Waals surface area (Å²) in [6.45, 7) is 1.70. The molecule has 0 aliphatic rings. The van der Waals surface area contributed by atoms with Crippen LogP contribution in [-0.2, 0) is 19.0 Å². The highest BCUT2D eigenvalue weighted by Gasteiger charge is 2.14. The summed E-state index contributed by atoms with van der Waals surface area (Å²) in [5, 5.41) is 7.83. The first-order valence-electron chi connectivity index (χ1n) is 9.88. The van der Waals surface area contributed by atoms with E-state index in [4.69, 9.17) is 4.74 Å². The van der Waals surface area contributed by atoms with Crippen LogP contribution >= 0.6 is 11.8 Å². The molecule has 2 aromatic carbocycles. The zero-order valence-corrected chi connectivity index (χ0v) is 19.8. The van der Waals surface area contributed by atoms with Crippen molar-refractivity contribution in [3.05, 3.63) is 48.0 Å². The number of alkyl carbamates (subject to hydrolysis) is 1. The first-order valence-corrected chi connectivity index (χ1v) is 10.7. The molecule has 180 valence electrons. The minimum absolute atomic E-state index is 0.241. The maximum Gasteiger partial charge on any atom is 0.436 e. The average molecular weight is 489 g/mol. The van der Waals surface area contributed by atoms with Gasteiger partial charge in [0.15, 0.2) is 0 Å². The molecule has 3 amide bonds. The fourth-order valence-corrected chi connectivity index (χ4v) is 3.31. The second-order valence-electron chi connectivity index (χ2n) is 6.40. The molecule has 0 aromatic heterocycles. The lowest BCUT2D eigenvalue weighted by molar-refractivity contribution is -0.115. The van der Waals surface area contributed by atoms with E-state index in [0.29, 0.717) is 16.9 Å². The number of esters is 1. The fourth-order valence-electron chi connectivity index (χ4n) is 2.45. The SMILES string of the molecule is CCC(=O)Nc1ccc(Sc2ccc(C(=O)OC)cc2)cc1NC(=NC(=O)OC)NC(=O)OC. The van der Waals surface area contributed by atoms with Crippen molar-refractivity contribution in [2.45, 2.75) is 23.1 Å². The lowest BCUT2D eigenvalue weighted by Crippen LogP contribution is -2.36. The molecule has 11 nitrogen and oxygen atoms in total. The quantitative estimate of drug-likeness (QED) is 0.239. The third kappa shape index (κ3) is 7.81. The van der Waals surface area contributed by atoms with E-state index in [1.165, 1.54) is 18.9 Å². The highest BCUT2D eigenvalue weighted by Crippen LogP contribution is 2.33. The average Bonchev–Trinajstić information content (AvgIpc) is 2.85. The van der Waals surface area contributed by atoms with Gasteiger partial charge in [-0.1, -0.05) is 18.7 Å². The molecule has 0 bridgehead atoms. The zero-order chi connectivity index (χ0) is 25.1. The fraction of sp³-hybridized carbons (Fsp3) is 0.227. The van der Waals surface area contributed by atoms with Crippen LogP contribution in [0.3, 0.4) is 0 Å². The Morgan fingerprint density at radius 2 is 1.53 bits per heavy atom. The van der Waals surface area contributed by atoms with Crippen LogP contribution in [0.15, 0.2) is 57.2 Å². The number of carbonyl (C=O) groups is 4. The molecule has 0 heterocycles. The molecular formula is C22H24N4O7S. The van der Waals surface area contributed by atoms with E-state index in [0.717, 1.165) is 24.0 Å². The first kappa shape index (κ1) is 26.2. The Morgan fingerprint density at radius 1 is 0.853 bits per heavy atom. The van der Waals surface area contributed by atoms with Gasteiger partial charge in [0.25, 0.3) is 0 Å². The van der Waals surface area contributed by atoms with E-state index in [1.54, 1.807) is 49.4 Å². The van der Waals surface area contributed by atoms with E-state index >= 15 is 0 Å². The number of anilines is 2. The molecule has 0 aliphatic carbocycles. The topological polar surface area (TPSA) is 144 Å². The van der Waals surface area contributed by atoms with Crippen LogP contribution in [0, 0.1) is 0 Å². The van der Waals surface area contributed by atoms with Gasteiger partial charge in [0, 0.05) is 16.2 Å². The van der Waals surface area contributed by atoms with Crippen LogP contribution < -0.4 is 16.0 Å². The van der Waals surface area contributed by atoms with Crippen LogP contribution in [0.5, 0.6) is 0 Å². The smallest absolute Gasteiger partial charge is 0.436 e. The standard InChI is InChI=1S/C22H24N4O7S/c1-5-18(27)23-16-11-10-15(34-14-8-6-13(7-9-14)19(28)31-2)12-17(16)24-20(25-21(29)32-3)26-22(30)33-4/h6-12H,5H2,1-4H3,(H,23,27)(H2,24,25,26,29,30). The van der Waals surface area contributed by atoms with Gasteiger partial charge in [-0.15, -0.1) is 4.99 Å². The largest absolute Gasteiger partial charge is 0.465 e. The van der Waals surface area contributed by atoms with Crippen LogP contribution in [-0.4, -0.2) is 51.4 Å². The minimum atomic E-state index is -0.964. The van der Waals surface area contributed by atoms with Crippen molar-refractivity contribution in [3.8, 4) is 0 Å². The van der Waals surface area contributed by atoms with Crippen molar-refractivity contribution in [3.63, 3.8) is 0 Å². The molecule has 0 radical (unpaired) electrons. The van der Waals surface area contributed by atoms with Gasteiger partial charge in [0.1, 0.15) is 0 Å². The van der Waals surface area contributed by atoms with Gasteiger partial charge >= 0.3 is 18.2 Å². The third-order valence-corrected chi connectivity index (χ3v) is 5.13. The summed E-state index contributed by atoms with van der Waals surface area (Å²) in [5.74, 6) is -0.945. The van der Waals surface area contributed by atoms with Crippen LogP contribution in [0.25, 0.3) is 0 Å². The molecule has 0 aliphatic heterocycles. The zero-order valence-electron chi connectivity index (χ0n) is 19.0. The molecule has 34 heavy (non-hydrogen) atoms. The van der Waals surface area contributed by atoms with E-state index in [1.807, 2.05) is 0 Å². The summed E-state index contributed by atoms with van der Waals surface area (Å²) in [5.41, 5.74) is 1.16. The summed E-state index contributed by atoms with van der Waals surface area (Å²) in [4.78, 5) is 52.2. The number of carbonyl (C=O) groups excluding carboxylic acids is 4. The number of hydrogen-bond acceptors (Lipinski definition) is 8. The lowest BCUT2D eigenvalue weighted by Gasteiger charge is -2.16. The normalized spacial score (nSPS) is 10.6. The second-order valence-corrected chi connectivity index (χ2v) is 7.55. The van der Waals surface area contributed by atoms with Gasteiger partial charge in [0.2, 0.25) is 11.9 Å². The first-order chi connectivity index (χ1) is 16.3. The number of benzene rings is 2. The number of hydrogen-bond donors (Lipinski definition) is 3. The Kier molecular flexibility index (Phi) is 9.90. The van der Waals surface area contributed by atoms with Crippen molar-refractivity contribution in [1.29, 1.82) is 0 Å². The Balaban J connectivity index is 2.38. The molecule has 0 saturated carbocycles. The number of guanidine groups is 1. The number of rotatable bonds is 6. The summed E-state index contributed by atoms with van der Waals surface area (Å²) in [6, 6.07) is 11.9. The van der Waals surface area contributed by atoms with Gasteiger partial charge in [-0.05, 0) is 42.5 Å². The Hall–Kier alpha value is -4.06. The van der Waals surface area contributed by atoms with E-state index in [-0.39, 0.29) is 18.3 Å². The van der Waals surface area contributed by atoms with E-state index < -0.39 is 18.2 Å². The molecule has 12 heteroatoms. The second kappa shape index (κ2) is 12.8. The number of ether oxygens (including phenoxy) is 3. The predicted octanol–water partition coefficient (Wildman–Crippen LogP) is 3.86. The van der Waals surface area contributed by atoms with Gasteiger partial charge in [-0.2, -0.15) is 0 Å². The summed E-state index contributed by atoms with van der Waals surface area (Å²) in [7, 11) is 3.60. The monoisotopic (exact) mass is 488 g/mol. The van der Waals surface area contributed by atoms with Crippen LogP contribution in [0.2, 0.25) is 0 Å². The summed E-state index contributed by atoms with van der Waals surface area (Å²) < 4.78 is 13.8. The molecular weight excluding hydrogens is 464 g/mol. The number of aliphatic imine (C=N–C) groups is 1.